The van der Waals surface area contributed by atoms with Crippen LogP contribution < -0.4 is 36.1 Å². The highest BCUT2D eigenvalue weighted by Gasteiger charge is 2.35. The van der Waals surface area contributed by atoms with E-state index >= 15 is 0 Å². The maximum absolute atomic E-state index is 13.8. The summed E-state index contributed by atoms with van der Waals surface area (Å²) in [6.45, 7) is 14.5. The largest absolute Gasteiger partial charge is 0.497 e. The smallest absolute Gasteiger partial charge is 0.345 e. The highest BCUT2D eigenvalue weighted by Crippen LogP contribution is 2.36. The number of nitrogens with zero attached hydrogens (tertiary/aromatic N) is 12. The van der Waals surface area contributed by atoms with E-state index in [1.54, 1.807) is 117 Å². The van der Waals surface area contributed by atoms with Gasteiger partial charge in [-0.15, -0.1) is 0 Å². The van der Waals surface area contributed by atoms with E-state index in [-0.39, 0.29) is 71.1 Å². The second-order valence-corrected chi connectivity index (χ2v) is 28.9. The predicted molar refractivity (Wildman–Crippen MR) is 434 cm³/mol. The first-order valence-electron chi connectivity index (χ1n) is 37.8. The average Bonchev–Trinajstić information content (AvgIpc) is 0.808. The number of amides is 3. The lowest BCUT2D eigenvalue weighted by atomic mass is 10.1. The molecule has 12 rings (SSSR count). The van der Waals surface area contributed by atoms with Gasteiger partial charge in [0.05, 0.1) is 66.8 Å². The van der Waals surface area contributed by atoms with Gasteiger partial charge in [0, 0.05) is 136 Å². The van der Waals surface area contributed by atoms with Gasteiger partial charge in [0.1, 0.15) is 28.3 Å². The van der Waals surface area contributed by atoms with Crippen molar-refractivity contribution in [1.82, 2.24) is 43.1 Å². The molecule has 9 aromatic rings. The van der Waals surface area contributed by atoms with Crippen LogP contribution in [-0.2, 0) is 33.8 Å². The topological polar surface area (TPSA) is 248 Å². The van der Waals surface area contributed by atoms with Crippen LogP contribution >= 0.6 is 23.2 Å². The molecule has 0 bridgehead atoms. The Morgan fingerprint density at radius 3 is 1.12 bits per heavy atom. The number of ether oxygens (including phenoxy) is 4. The Hall–Kier alpha value is -10.6. The van der Waals surface area contributed by atoms with Crippen molar-refractivity contribution in [2.45, 2.75) is 59.7 Å². The van der Waals surface area contributed by atoms with Gasteiger partial charge in [-0.2, -0.15) is 0 Å². The zero-order chi connectivity index (χ0) is 80.4. The van der Waals surface area contributed by atoms with Crippen LogP contribution in [0.4, 0.5) is 21.5 Å². The Bertz CT molecular complexity index is 5010. The van der Waals surface area contributed by atoms with Gasteiger partial charge in [0.15, 0.2) is 5.76 Å². The number of fused-ring (bicyclic) bond motifs is 3. The maximum Gasteiger partial charge on any atom is 0.345 e. The molecule has 0 N–H and O–H groups in total. The molecule has 3 fully saturated rings. The number of aromatic nitrogens is 3. The van der Waals surface area contributed by atoms with Crippen LogP contribution in [0.25, 0.3) is 32.7 Å². The van der Waals surface area contributed by atoms with Crippen molar-refractivity contribution in [3.63, 3.8) is 0 Å². The molecule has 3 saturated heterocycles. The number of esters is 3. The fraction of sp³-hybridized carbons (Fsp3) is 0.410. The molecule has 0 atom stereocenters. The van der Waals surface area contributed by atoms with Gasteiger partial charge < -0.3 is 81.2 Å². The number of piperazine rings is 3. The number of furan rings is 1. The molecule has 0 spiro atoms. The van der Waals surface area contributed by atoms with E-state index in [1.165, 1.54) is 30.5 Å². The third kappa shape index (κ3) is 19.8. The normalized spacial score (nSPS) is 13.9. The predicted octanol–water partition coefficient (Wildman–Crippen LogP) is 10.3. The summed E-state index contributed by atoms with van der Waals surface area (Å²) in [6, 6.07) is 34.2. The van der Waals surface area contributed by atoms with E-state index < -0.39 is 29.3 Å². The fourth-order valence-electron chi connectivity index (χ4n) is 14.3. The molecule has 0 saturated carbocycles. The Morgan fingerprint density at radius 1 is 0.429 bits per heavy atom. The van der Waals surface area contributed by atoms with Crippen molar-refractivity contribution in [2.75, 3.05) is 182 Å². The standard InChI is InChI=1S/C29H36N4O5.C28H32ClFN4O4.C26H31ClN4O5/c1-5-38-29(36)25-26(23-9-6-7-10-24(23)33(28(25)35)16-8-15-30(2)3)31-17-19-32(20-18-31)27(34)21-11-13-22(37-4)14-12-21;1-4-38-28(37)24-25(32-14-16-33(17-15-32)26(35)19-6-9-21(30)10-7-19)22-18-20(29)8-11-23(22)34(27(24)36)13-5-12-31(2)3;1-4-35-26(34)22-23(29-12-14-30(15-13-29)24(32)21-7-5-16-36-21)19-17-18(27)8-9-20(19)31(25(22)33)11-6-10-28(2)3/h6-7,9-14H,5,8,15-20H2,1-4H3;6-11,18H,4-5,12-17H2,1-3H3;5,7-9,16-17H,4,6,10-15H2,1-3H3. The van der Waals surface area contributed by atoms with E-state index in [9.17, 15) is 47.5 Å². The third-order valence-corrected chi connectivity index (χ3v) is 20.2. The molecule has 7 heterocycles. The number of aryl methyl sites for hydroxylation is 3. The van der Waals surface area contributed by atoms with Gasteiger partial charge in [-0.3, -0.25) is 28.8 Å². The molecule has 5 aromatic carbocycles. The molecule has 3 amide bonds. The van der Waals surface area contributed by atoms with E-state index in [4.69, 9.17) is 46.6 Å². The fourth-order valence-corrected chi connectivity index (χ4v) is 14.7. The summed E-state index contributed by atoms with van der Waals surface area (Å²) in [5.41, 5.74) is 3.66. The number of hydrogen-bond donors (Lipinski definition) is 0. The highest BCUT2D eigenvalue weighted by molar-refractivity contribution is 6.32. The number of para-hydroxylation sites is 1. The minimum absolute atomic E-state index is 0.00211. The summed E-state index contributed by atoms with van der Waals surface area (Å²) >= 11 is 12.8. The van der Waals surface area contributed by atoms with Gasteiger partial charge in [0.25, 0.3) is 34.4 Å². The minimum atomic E-state index is -0.680. The van der Waals surface area contributed by atoms with Crippen LogP contribution in [0.1, 0.15) is 102 Å². The third-order valence-electron chi connectivity index (χ3n) is 19.8. The van der Waals surface area contributed by atoms with Crippen molar-refractivity contribution in [1.29, 1.82) is 0 Å². The Kier molecular flexibility index (Phi) is 29.3. The lowest BCUT2D eigenvalue weighted by Crippen LogP contribution is -2.49. The maximum atomic E-state index is 13.8. The zero-order valence-electron chi connectivity index (χ0n) is 65.3. The highest BCUT2D eigenvalue weighted by atomic mass is 35.5. The number of hydrogen-bond acceptors (Lipinski definition) is 20. The summed E-state index contributed by atoms with van der Waals surface area (Å²) in [5.74, 6) is -1.81. The van der Waals surface area contributed by atoms with E-state index in [2.05, 4.69) is 4.90 Å². The lowest BCUT2D eigenvalue weighted by molar-refractivity contribution is 0.0514. The molecule has 0 aliphatic carbocycles. The number of halogens is 3. The van der Waals surface area contributed by atoms with Crippen LogP contribution in [-0.4, -0.2) is 246 Å². The van der Waals surface area contributed by atoms with Gasteiger partial charge in [0.2, 0.25) is 0 Å². The second-order valence-electron chi connectivity index (χ2n) is 28.1. The Balaban J connectivity index is 0.000000178. The summed E-state index contributed by atoms with van der Waals surface area (Å²) in [6.07, 6.45) is 3.69. The summed E-state index contributed by atoms with van der Waals surface area (Å²) in [7, 11) is 13.5. The van der Waals surface area contributed by atoms with Gasteiger partial charge in [-0.25, -0.2) is 18.8 Å². The number of methoxy groups -OCH3 is 1. The molecule has 4 aromatic heterocycles. The number of carbonyl (C=O) groups is 6. The van der Waals surface area contributed by atoms with E-state index in [1.807, 2.05) is 103 Å². The molecular formula is C83H99Cl2FN12O14. The molecular weight excluding hydrogens is 1480 g/mol. The SMILES string of the molecule is CCOC(=O)c1c(N2CCN(C(=O)c3ccc(F)cc3)CC2)c2cc(Cl)ccc2n(CCCN(C)C)c1=O.CCOC(=O)c1c(N2CCN(C(=O)c3ccc(OC)cc3)CC2)c2ccccc2n(CCCN(C)C)c1=O.CCOC(=O)c1c(N2CCN(C(=O)c3ccco3)CC2)c2cc(Cl)ccc2n(CCCN(C)C)c1=O. The quantitative estimate of drug-likeness (QED) is 0.0381. The number of carbonyl (C=O) groups excluding carboxylic acids is 6. The van der Waals surface area contributed by atoms with Crippen molar-refractivity contribution >= 4 is 109 Å². The Labute approximate surface area is 660 Å². The van der Waals surface area contributed by atoms with Crippen molar-refractivity contribution in [3.05, 3.63) is 208 Å². The number of anilines is 3. The monoisotopic (exact) mass is 1580 g/mol. The Morgan fingerprint density at radius 2 is 0.777 bits per heavy atom. The van der Waals surface area contributed by atoms with Crippen molar-refractivity contribution in [3.8, 4) is 5.75 Å². The van der Waals surface area contributed by atoms with Crippen molar-refractivity contribution < 1.29 is 56.5 Å². The van der Waals surface area contributed by atoms with Gasteiger partial charge in [-0.05, 0) is 205 Å². The lowest BCUT2D eigenvalue weighted by Gasteiger charge is -2.37. The molecule has 0 unspecified atom stereocenters. The van der Waals surface area contributed by atoms with E-state index in [0.717, 1.165) is 49.8 Å². The molecule has 0 radical (unpaired) electrons. The molecule has 3 aliphatic rings. The van der Waals surface area contributed by atoms with Gasteiger partial charge in [-0.1, -0.05) is 41.4 Å². The minimum Gasteiger partial charge on any atom is -0.497 e. The summed E-state index contributed by atoms with van der Waals surface area (Å²) < 4.78 is 44.7. The van der Waals surface area contributed by atoms with E-state index in [0.29, 0.717) is 164 Å². The molecule has 112 heavy (non-hydrogen) atoms. The van der Waals surface area contributed by atoms with Crippen LogP contribution in [0.3, 0.4) is 0 Å². The van der Waals surface area contributed by atoms with Crippen molar-refractivity contribution in [2.24, 2.45) is 0 Å². The van der Waals surface area contributed by atoms with Crippen LogP contribution in [0.15, 0.2) is 146 Å². The van der Waals surface area contributed by atoms with Crippen LogP contribution in [0.5, 0.6) is 5.75 Å². The summed E-state index contributed by atoms with van der Waals surface area (Å²) in [5, 5.41) is 3.21. The number of pyridine rings is 3. The zero-order valence-corrected chi connectivity index (χ0v) is 66.8. The first-order chi connectivity index (χ1) is 53.9. The number of benzene rings is 5. The number of rotatable bonds is 25. The second kappa shape index (κ2) is 39.1. The first kappa shape index (κ1) is 83.9. The molecule has 29 heteroatoms. The van der Waals surface area contributed by atoms with Gasteiger partial charge >= 0.3 is 17.9 Å². The van der Waals surface area contributed by atoms with Crippen LogP contribution in [0, 0.1) is 5.82 Å². The van der Waals surface area contributed by atoms with Crippen LogP contribution in [0.2, 0.25) is 10.0 Å². The molecule has 3 aliphatic heterocycles. The molecule has 26 nitrogen and oxygen atoms in total. The average molecular weight is 1580 g/mol. The first-order valence-corrected chi connectivity index (χ1v) is 38.5. The summed E-state index contributed by atoms with van der Waals surface area (Å²) in [4.78, 5) is 137. The molecule has 596 valence electrons.